The van der Waals surface area contributed by atoms with Crippen LogP contribution in [0.5, 0.6) is 0 Å². The van der Waals surface area contributed by atoms with E-state index in [0.717, 1.165) is 32.1 Å². The first-order valence-electron chi connectivity index (χ1n) is 9.47. The van der Waals surface area contributed by atoms with Crippen LogP contribution in [-0.2, 0) is 10.0 Å². The first kappa shape index (κ1) is 21.9. The molecule has 0 aliphatic heterocycles. The summed E-state index contributed by atoms with van der Waals surface area (Å²) < 4.78 is 41.2. The van der Waals surface area contributed by atoms with Crippen molar-refractivity contribution in [2.24, 2.45) is 0 Å². The zero-order chi connectivity index (χ0) is 20.6. The van der Waals surface area contributed by atoms with Crippen molar-refractivity contribution in [3.8, 4) is 11.1 Å². The number of rotatable bonds is 11. The summed E-state index contributed by atoms with van der Waals surface area (Å²) in [5, 5.41) is 9.37. The van der Waals surface area contributed by atoms with Gasteiger partial charge in [-0.25, -0.2) is 17.6 Å². The molecule has 0 bridgehead atoms. The highest BCUT2D eigenvalue weighted by atomic mass is 32.2. The highest BCUT2D eigenvalue weighted by Gasteiger charge is 2.18. The summed E-state index contributed by atoms with van der Waals surface area (Å²) in [5.74, 6) is -1.80. The van der Waals surface area contributed by atoms with E-state index in [4.69, 9.17) is 0 Å². The van der Waals surface area contributed by atoms with Crippen LogP contribution < -0.4 is 4.72 Å². The van der Waals surface area contributed by atoms with E-state index < -0.39 is 21.8 Å². The predicted molar refractivity (Wildman–Crippen MR) is 110 cm³/mol. The number of anilines is 1. The van der Waals surface area contributed by atoms with Gasteiger partial charge in [-0.3, -0.25) is 4.72 Å². The van der Waals surface area contributed by atoms with Crippen LogP contribution in [0.3, 0.4) is 0 Å². The lowest BCUT2D eigenvalue weighted by molar-refractivity contribution is 0.0698. The Labute approximate surface area is 165 Å². The molecule has 2 rings (SSSR count). The molecule has 0 unspecified atom stereocenters. The van der Waals surface area contributed by atoms with E-state index in [9.17, 15) is 22.7 Å². The summed E-state index contributed by atoms with van der Waals surface area (Å²) in [6.45, 7) is 2.11. The fourth-order valence-electron chi connectivity index (χ4n) is 2.97. The fraction of sp³-hybridized carbons (Fsp3) is 0.381. The van der Waals surface area contributed by atoms with Crippen molar-refractivity contribution in [2.45, 2.75) is 45.4 Å². The van der Waals surface area contributed by atoms with E-state index in [2.05, 4.69) is 11.6 Å². The highest BCUT2D eigenvalue weighted by Crippen LogP contribution is 2.28. The van der Waals surface area contributed by atoms with Crippen LogP contribution in [0, 0.1) is 5.82 Å². The van der Waals surface area contributed by atoms with Crippen molar-refractivity contribution >= 4 is 21.7 Å². The van der Waals surface area contributed by atoms with E-state index in [1.54, 1.807) is 18.2 Å². The van der Waals surface area contributed by atoms with Gasteiger partial charge in [0.1, 0.15) is 5.82 Å². The lowest BCUT2D eigenvalue weighted by Gasteiger charge is -2.13. The molecule has 0 radical (unpaired) electrons. The Bertz CT molecular complexity index is 912. The summed E-state index contributed by atoms with van der Waals surface area (Å²) in [4.78, 5) is 11.5. The second-order valence-electron chi connectivity index (χ2n) is 6.73. The van der Waals surface area contributed by atoms with Gasteiger partial charge in [-0.2, -0.15) is 0 Å². The molecule has 0 atom stereocenters. The lowest BCUT2D eigenvalue weighted by atomic mass is 10.0. The molecule has 7 heteroatoms. The SMILES string of the molecule is CCCCCCCCS(=O)(=O)Nc1cc(-c2ccccc2F)ccc1C(=O)O. The Hall–Kier alpha value is -2.41. The number of nitrogens with one attached hydrogen (secondary N) is 1. The van der Waals surface area contributed by atoms with Gasteiger partial charge >= 0.3 is 5.97 Å². The molecule has 0 aliphatic rings. The van der Waals surface area contributed by atoms with E-state index in [1.165, 1.54) is 24.3 Å². The average molecular weight is 408 g/mol. The Kier molecular flexibility index (Phi) is 7.99. The van der Waals surface area contributed by atoms with Crippen molar-refractivity contribution in [1.29, 1.82) is 0 Å². The van der Waals surface area contributed by atoms with Gasteiger partial charge in [0.05, 0.1) is 17.0 Å². The van der Waals surface area contributed by atoms with E-state index >= 15 is 0 Å². The number of carboxylic acid groups (broad SMARTS) is 1. The van der Waals surface area contributed by atoms with Crippen LogP contribution in [0.1, 0.15) is 55.8 Å². The quantitative estimate of drug-likeness (QED) is 0.496. The number of unbranched alkanes of at least 4 members (excludes halogenated alkanes) is 5. The van der Waals surface area contributed by atoms with Crippen LogP contribution in [-0.4, -0.2) is 25.2 Å². The zero-order valence-electron chi connectivity index (χ0n) is 15.9. The molecule has 2 N–H and O–H groups in total. The maximum Gasteiger partial charge on any atom is 0.337 e. The van der Waals surface area contributed by atoms with Gasteiger partial charge in [0, 0.05) is 5.56 Å². The van der Waals surface area contributed by atoms with Gasteiger partial charge < -0.3 is 5.11 Å². The maximum atomic E-state index is 14.0. The highest BCUT2D eigenvalue weighted by molar-refractivity contribution is 7.92. The number of hydrogen-bond acceptors (Lipinski definition) is 3. The standard InChI is InChI=1S/C21H26FNO4S/c1-2-3-4-5-6-9-14-28(26,27)23-20-15-16(12-13-18(20)21(24)25)17-10-7-8-11-19(17)22/h7-8,10-13,15,23H,2-6,9,14H2,1H3,(H,24,25). The third-order valence-electron chi connectivity index (χ3n) is 4.47. The second-order valence-corrected chi connectivity index (χ2v) is 8.58. The largest absolute Gasteiger partial charge is 0.478 e. The lowest BCUT2D eigenvalue weighted by Crippen LogP contribution is -2.18. The number of aromatic carboxylic acids is 1. The molecular formula is C21H26FNO4S. The molecule has 0 spiro atoms. The Morgan fingerprint density at radius 1 is 1.04 bits per heavy atom. The molecule has 2 aromatic rings. The van der Waals surface area contributed by atoms with Gasteiger partial charge in [0.25, 0.3) is 0 Å². The summed E-state index contributed by atoms with van der Waals surface area (Å²) in [6, 6.07) is 10.2. The minimum Gasteiger partial charge on any atom is -0.478 e. The topological polar surface area (TPSA) is 83.5 Å². The number of halogens is 1. The molecule has 0 amide bonds. The molecule has 152 valence electrons. The summed E-state index contributed by atoms with van der Waals surface area (Å²) in [7, 11) is -3.70. The van der Waals surface area contributed by atoms with E-state index in [-0.39, 0.29) is 22.6 Å². The smallest absolute Gasteiger partial charge is 0.337 e. The third kappa shape index (κ3) is 6.34. The van der Waals surface area contributed by atoms with Crippen molar-refractivity contribution in [3.63, 3.8) is 0 Å². The van der Waals surface area contributed by atoms with E-state index in [1.807, 2.05) is 0 Å². The van der Waals surface area contributed by atoms with Crippen molar-refractivity contribution in [1.82, 2.24) is 0 Å². The normalized spacial score (nSPS) is 11.4. The van der Waals surface area contributed by atoms with Gasteiger partial charge in [0.15, 0.2) is 0 Å². The third-order valence-corrected chi connectivity index (χ3v) is 5.82. The molecular weight excluding hydrogens is 381 g/mol. The van der Waals surface area contributed by atoms with Gasteiger partial charge in [0.2, 0.25) is 10.0 Å². The summed E-state index contributed by atoms with van der Waals surface area (Å²) in [6.07, 6.45) is 5.63. The monoisotopic (exact) mass is 407 g/mol. The average Bonchev–Trinajstić information content (AvgIpc) is 2.64. The number of benzene rings is 2. The Morgan fingerprint density at radius 3 is 2.39 bits per heavy atom. The molecule has 2 aromatic carbocycles. The number of hydrogen-bond donors (Lipinski definition) is 2. The molecule has 0 aromatic heterocycles. The van der Waals surface area contributed by atoms with Crippen molar-refractivity contribution < 1.29 is 22.7 Å². The fourth-order valence-corrected chi connectivity index (χ4v) is 4.16. The molecule has 0 saturated heterocycles. The summed E-state index contributed by atoms with van der Waals surface area (Å²) >= 11 is 0. The van der Waals surface area contributed by atoms with Crippen LogP contribution in [0.4, 0.5) is 10.1 Å². The second kappa shape index (κ2) is 10.2. The molecule has 0 aliphatic carbocycles. The molecule has 0 fully saturated rings. The Morgan fingerprint density at radius 2 is 1.71 bits per heavy atom. The number of carbonyl (C=O) groups is 1. The number of carboxylic acids is 1. The van der Waals surface area contributed by atoms with Crippen molar-refractivity contribution in [3.05, 3.63) is 53.8 Å². The summed E-state index contributed by atoms with van der Waals surface area (Å²) in [5.41, 5.74) is 0.446. The maximum absolute atomic E-state index is 14.0. The zero-order valence-corrected chi connectivity index (χ0v) is 16.8. The first-order valence-corrected chi connectivity index (χ1v) is 11.1. The number of sulfonamides is 1. The van der Waals surface area contributed by atoms with Crippen LogP contribution in [0.25, 0.3) is 11.1 Å². The first-order chi connectivity index (χ1) is 13.3. The van der Waals surface area contributed by atoms with Crippen LogP contribution in [0.15, 0.2) is 42.5 Å². The van der Waals surface area contributed by atoms with Crippen LogP contribution >= 0.6 is 0 Å². The molecule has 0 saturated carbocycles. The molecule has 5 nitrogen and oxygen atoms in total. The molecule has 0 heterocycles. The van der Waals surface area contributed by atoms with Gasteiger partial charge in [-0.05, 0) is 30.2 Å². The Balaban J connectivity index is 2.17. The van der Waals surface area contributed by atoms with Gasteiger partial charge in [-0.1, -0.05) is 63.3 Å². The van der Waals surface area contributed by atoms with Gasteiger partial charge in [-0.15, -0.1) is 0 Å². The minimum absolute atomic E-state index is 0.0563. The van der Waals surface area contributed by atoms with E-state index in [0.29, 0.717) is 12.0 Å². The van der Waals surface area contributed by atoms with Crippen LogP contribution in [0.2, 0.25) is 0 Å². The predicted octanol–water partition coefficient (Wildman–Crippen LogP) is 5.29. The van der Waals surface area contributed by atoms with Crippen molar-refractivity contribution in [2.75, 3.05) is 10.5 Å². The molecule has 28 heavy (non-hydrogen) atoms. The minimum atomic E-state index is -3.70.